The van der Waals surface area contributed by atoms with Crippen molar-refractivity contribution in [2.75, 3.05) is 0 Å². The van der Waals surface area contributed by atoms with Gasteiger partial charge in [-0.3, -0.25) is 0 Å². The Morgan fingerprint density at radius 3 is 2.20 bits per heavy atom. The van der Waals surface area contributed by atoms with E-state index in [1.807, 2.05) is 0 Å². The highest BCUT2D eigenvalue weighted by atomic mass is 35.5. The number of alkyl halides is 6. The van der Waals surface area contributed by atoms with Crippen LogP contribution in [0.15, 0.2) is 18.2 Å². The highest BCUT2D eigenvalue weighted by Gasteiger charge is 2.37. The second-order valence-electron chi connectivity index (χ2n) is 3.54. The number of hydrogen-bond donors (Lipinski definition) is 0. The minimum atomic E-state index is -5.07. The molecule has 0 N–H and O–H groups in total. The topological polar surface area (TPSA) is 35.0 Å². The zero-order valence-electron chi connectivity index (χ0n) is 9.18. The van der Waals surface area contributed by atoms with Gasteiger partial charge in [-0.2, -0.15) is 13.2 Å². The number of fused-ring (bicyclic) bond motifs is 1. The van der Waals surface area contributed by atoms with Gasteiger partial charge >= 0.3 is 12.5 Å². The Hall–Kier alpha value is -1.77. The average Bonchev–Trinajstić information content (AvgIpc) is 2.26. The van der Waals surface area contributed by atoms with E-state index in [2.05, 4.69) is 14.7 Å². The second kappa shape index (κ2) is 4.65. The molecule has 0 saturated carbocycles. The van der Waals surface area contributed by atoms with E-state index in [1.54, 1.807) is 0 Å². The van der Waals surface area contributed by atoms with Crippen LogP contribution in [0.5, 0.6) is 5.75 Å². The molecule has 0 aliphatic carbocycles. The van der Waals surface area contributed by atoms with E-state index in [9.17, 15) is 26.3 Å². The lowest BCUT2D eigenvalue weighted by Crippen LogP contribution is -2.18. The fourth-order valence-corrected chi connectivity index (χ4v) is 1.65. The molecule has 0 fully saturated rings. The summed E-state index contributed by atoms with van der Waals surface area (Å²) in [7, 11) is 0. The van der Waals surface area contributed by atoms with Gasteiger partial charge in [0.2, 0.25) is 5.82 Å². The van der Waals surface area contributed by atoms with Crippen LogP contribution in [0, 0.1) is 0 Å². The molecule has 0 radical (unpaired) electrons. The van der Waals surface area contributed by atoms with Crippen molar-refractivity contribution in [3.63, 3.8) is 0 Å². The van der Waals surface area contributed by atoms with E-state index >= 15 is 0 Å². The minimum absolute atomic E-state index is 0.179. The Morgan fingerprint density at radius 1 is 1.00 bits per heavy atom. The Balaban J connectivity index is 2.69. The first-order chi connectivity index (χ1) is 9.08. The monoisotopic (exact) mass is 316 g/mol. The normalized spacial score (nSPS) is 12.8. The summed E-state index contributed by atoms with van der Waals surface area (Å²) in [5.41, 5.74) is -0.669. The number of aromatic nitrogens is 2. The SMILES string of the molecule is FC(F)(F)Oc1cccc2c(Cl)nc(C(F)(F)F)nc12. The van der Waals surface area contributed by atoms with Gasteiger partial charge in [-0.15, -0.1) is 13.2 Å². The van der Waals surface area contributed by atoms with Crippen molar-refractivity contribution in [3.8, 4) is 5.75 Å². The molecular formula is C10H3ClF6N2O. The predicted octanol–water partition coefficient (Wildman–Crippen LogP) is 4.20. The minimum Gasteiger partial charge on any atom is -0.403 e. The predicted molar refractivity (Wildman–Crippen MR) is 56.2 cm³/mol. The molecule has 0 saturated heterocycles. The van der Waals surface area contributed by atoms with Gasteiger partial charge in [0.05, 0.1) is 0 Å². The molecule has 0 aliphatic rings. The van der Waals surface area contributed by atoms with Crippen LogP contribution in [0.4, 0.5) is 26.3 Å². The molecule has 0 atom stereocenters. The molecule has 2 rings (SSSR count). The first-order valence-electron chi connectivity index (χ1n) is 4.87. The molecule has 0 bridgehead atoms. The molecule has 3 nitrogen and oxygen atoms in total. The number of hydrogen-bond acceptors (Lipinski definition) is 3. The van der Waals surface area contributed by atoms with Crippen LogP contribution in [0.2, 0.25) is 5.15 Å². The Kier molecular flexibility index (Phi) is 3.41. The number of ether oxygens (including phenoxy) is 1. The molecule has 0 aliphatic heterocycles. The zero-order chi connectivity index (χ0) is 15.1. The standard InChI is InChI=1S/C10H3ClF6N2O/c11-7-4-2-1-3-5(20-10(15,16)17)6(4)18-8(19-7)9(12,13)14/h1-3H. The molecule has 1 aromatic carbocycles. The van der Waals surface area contributed by atoms with Crippen LogP contribution < -0.4 is 4.74 Å². The van der Waals surface area contributed by atoms with Crippen LogP contribution in [-0.2, 0) is 6.18 Å². The summed E-state index contributed by atoms with van der Waals surface area (Å²) in [6, 6.07) is 3.15. The average molecular weight is 317 g/mol. The first kappa shape index (κ1) is 14.6. The van der Waals surface area contributed by atoms with Crippen molar-refractivity contribution in [1.82, 2.24) is 9.97 Å². The molecule has 108 valence electrons. The zero-order valence-corrected chi connectivity index (χ0v) is 9.94. The van der Waals surface area contributed by atoms with Gasteiger partial charge in [0.15, 0.2) is 5.75 Å². The fraction of sp³-hybridized carbons (Fsp3) is 0.200. The van der Waals surface area contributed by atoms with Crippen molar-refractivity contribution in [1.29, 1.82) is 0 Å². The molecule has 1 heterocycles. The Bertz CT molecular complexity index is 654. The molecular weight excluding hydrogens is 314 g/mol. The maximum atomic E-state index is 12.5. The Labute approximate surface area is 112 Å². The third kappa shape index (κ3) is 3.03. The molecule has 1 aromatic heterocycles. The van der Waals surface area contributed by atoms with Gasteiger partial charge in [0, 0.05) is 5.39 Å². The van der Waals surface area contributed by atoms with Crippen molar-refractivity contribution in [3.05, 3.63) is 29.2 Å². The summed E-state index contributed by atoms with van der Waals surface area (Å²) in [6.07, 6.45) is -10.0. The van der Waals surface area contributed by atoms with E-state index in [0.717, 1.165) is 12.1 Å². The van der Waals surface area contributed by atoms with Gasteiger partial charge in [-0.25, -0.2) is 9.97 Å². The number of para-hydroxylation sites is 1. The van der Waals surface area contributed by atoms with Crippen molar-refractivity contribution in [2.45, 2.75) is 12.5 Å². The van der Waals surface area contributed by atoms with E-state index in [1.165, 1.54) is 6.07 Å². The summed E-state index contributed by atoms with van der Waals surface area (Å²) in [4.78, 5) is 6.05. The largest absolute Gasteiger partial charge is 0.573 e. The highest BCUT2D eigenvalue weighted by Crippen LogP contribution is 2.35. The van der Waals surface area contributed by atoms with Crippen molar-refractivity contribution < 1.29 is 31.1 Å². The van der Waals surface area contributed by atoms with Gasteiger partial charge in [-0.05, 0) is 12.1 Å². The molecule has 0 spiro atoms. The summed E-state index contributed by atoms with van der Waals surface area (Å²) in [5, 5.41) is -0.795. The van der Waals surface area contributed by atoms with Gasteiger partial charge in [0.1, 0.15) is 10.7 Å². The van der Waals surface area contributed by atoms with Gasteiger partial charge < -0.3 is 4.74 Å². The molecule has 20 heavy (non-hydrogen) atoms. The maximum Gasteiger partial charge on any atom is 0.573 e. The number of nitrogens with zero attached hydrogens (tertiary/aromatic N) is 2. The summed E-state index contributed by atoms with van der Waals surface area (Å²) < 4.78 is 77.7. The lowest BCUT2D eigenvalue weighted by Gasteiger charge is -2.12. The third-order valence-electron chi connectivity index (χ3n) is 2.12. The maximum absolute atomic E-state index is 12.5. The Morgan fingerprint density at radius 2 is 1.65 bits per heavy atom. The summed E-state index contributed by atoms with van der Waals surface area (Å²) in [5.74, 6) is -2.53. The molecule has 2 aromatic rings. The molecule has 0 unspecified atom stereocenters. The molecule has 10 heteroatoms. The number of halogens is 7. The highest BCUT2D eigenvalue weighted by molar-refractivity contribution is 6.34. The second-order valence-corrected chi connectivity index (χ2v) is 3.89. The van der Waals surface area contributed by atoms with Crippen LogP contribution in [0.3, 0.4) is 0 Å². The fourth-order valence-electron chi connectivity index (χ4n) is 1.42. The van der Waals surface area contributed by atoms with Crippen LogP contribution in [0.1, 0.15) is 5.82 Å². The lowest BCUT2D eigenvalue weighted by molar-refractivity contribution is -0.274. The number of rotatable bonds is 1. The van der Waals surface area contributed by atoms with E-state index in [4.69, 9.17) is 11.6 Å². The smallest absolute Gasteiger partial charge is 0.403 e. The summed E-state index contributed by atoms with van der Waals surface area (Å²) in [6.45, 7) is 0. The van der Waals surface area contributed by atoms with Crippen LogP contribution in [-0.4, -0.2) is 16.3 Å². The van der Waals surface area contributed by atoms with E-state index in [0.29, 0.717) is 0 Å². The lowest BCUT2D eigenvalue weighted by atomic mass is 10.2. The van der Waals surface area contributed by atoms with Gasteiger partial charge in [0.25, 0.3) is 0 Å². The third-order valence-corrected chi connectivity index (χ3v) is 2.41. The number of benzene rings is 1. The quantitative estimate of drug-likeness (QED) is 0.584. The van der Waals surface area contributed by atoms with Crippen LogP contribution >= 0.6 is 11.6 Å². The van der Waals surface area contributed by atoms with Crippen molar-refractivity contribution >= 4 is 22.5 Å². The molecule has 0 amide bonds. The first-order valence-corrected chi connectivity index (χ1v) is 5.25. The van der Waals surface area contributed by atoms with Crippen LogP contribution in [0.25, 0.3) is 10.9 Å². The summed E-state index contributed by atoms with van der Waals surface area (Å²) >= 11 is 5.52. The van der Waals surface area contributed by atoms with E-state index in [-0.39, 0.29) is 5.39 Å². The van der Waals surface area contributed by atoms with E-state index < -0.39 is 34.8 Å². The van der Waals surface area contributed by atoms with Gasteiger partial charge in [-0.1, -0.05) is 17.7 Å². The van der Waals surface area contributed by atoms with Crippen molar-refractivity contribution in [2.24, 2.45) is 0 Å².